The maximum atomic E-state index is 10.9. The van der Waals surface area contributed by atoms with Crippen molar-refractivity contribution in [1.29, 1.82) is 0 Å². The molecule has 0 saturated carbocycles. The molecule has 5 nitrogen and oxygen atoms in total. The second kappa shape index (κ2) is 7.55. The van der Waals surface area contributed by atoms with E-state index in [1.165, 1.54) is 23.0 Å². The van der Waals surface area contributed by atoms with Gasteiger partial charge in [-0.1, -0.05) is 36.4 Å². The first-order chi connectivity index (χ1) is 12.0. The Labute approximate surface area is 150 Å². The SMILES string of the molecule is CN(C)CCc1ccc(-c2csc(-c3cccc([N+](=O)[O-])c3)n2)cc1. The number of aromatic nitrogens is 1. The molecule has 0 amide bonds. The molecular weight excluding hydrogens is 334 g/mol. The summed E-state index contributed by atoms with van der Waals surface area (Å²) in [5.74, 6) is 0. The minimum Gasteiger partial charge on any atom is -0.309 e. The lowest BCUT2D eigenvalue weighted by atomic mass is 10.1. The number of hydrogen-bond acceptors (Lipinski definition) is 5. The molecule has 0 spiro atoms. The number of thiazole rings is 1. The average molecular weight is 353 g/mol. The maximum Gasteiger partial charge on any atom is 0.270 e. The van der Waals surface area contributed by atoms with Crippen LogP contribution in [0, 0.1) is 10.1 Å². The van der Waals surface area contributed by atoms with E-state index in [0.717, 1.165) is 34.8 Å². The molecular formula is C19H19N3O2S. The Morgan fingerprint density at radius 3 is 2.56 bits per heavy atom. The molecule has 6 heteroatoms. The Morgan fingerprint density at radius 2 is 1.88 bits per heavy atom. The largest absolute Gasteiger partial charge is 0.309 e. The fourth-order valence-corrected chi connectivity index (χ4v) is 3.31. The van der Waals surface area contributed by atoms with Crippen LogP contribution >= 0.6 is 11.3 Å². The average Bonchev–Trinajstić information content (AvgIpc) is 3.10. The van der Waals surface area contributed by atoms with E-state index in [1.54, 1.807) is 12.1 Å². The van der Waals surface area contributed by atoms with Gasteiger partial charge in [0.15, 0.2) is 0 Å². The van der Waals surface area contributed by atoms with E-state index in [0.29, 0.717) is 0 Å². The van der Waals surface area contributed by atoms with Gasteiger partial charge < -0.3 is 4.90 Å². The molecule has 1 aromatic heterocycles. The van der Waals surface area contributed by atoms with Crippen molar-refractivity contribution in [2.45, 2.75) is 6.42 Å². The van der Waals surface area contributed by atoms with Gasteiger partial charge in [0.2, 0.25) is 0 Å². The molecule has 25 heavy (non-hydrogen) atoms. The van der Waals surface area contributed by atoms with Gasteiger partial charge in [-0.05, 0) is 26.1 Å². The fourth-order valence-electron chi connectivity index (χ4n) is 2.49. The molecule has 1 heterocycles. The zero-order valence-corrected chi connectivity index (χ0v) is 15.0. The van der Waals surface area contributed by atoms with Crippen LogP contribution in [-0.2, 0) is 6.42 Å². The van der Waals surface area contributed by atoms with Crippen LogP contribution < -0.4 is 0 Å². The first-order valence-electron chi connectivity index (χ1n) is 7.97. The monoisotopic (exact) mass is 353 g/mol. The van der Waals surface area contributed by atoms with Crippen LogP contribution in [0.3, 0.4) is 0 Å². The van der Waals surface area contributed by atoms with Crippen LogP contribution in [0.25, 0.3) is 21.8 Å². The first-order valence-corrected chi connectivity index (χ1v) is 8.85. The highest BCUT2D eigenvalue weighted by molar-refractivity contribution is 7.13. The Hall–Kier alpha value is -2.57. The second-order valence-corrected chi connectivity index (χ2v) is 6.95. The number of nitro groups is 1. The number of likely N-dealkylation sites (N-methyl/N-ethyl adjacent to an activating group) is 1. The van der Waals surface area contributed by atoms with Crippen molar-refractivity contribution in [1.82, 2.24) is 9.88 Å². The van der Waals surface area contributed by atoms with Gasteiger partial charge in [-0.25, -0.2) is 4.98 Å². The first kappa shape index (κ1) is 17.3. The van der Waals surface area contributed by atoms with Crippen molar-refractivity contribution < 1.29 is 4.92 Å². The third-order valence-corrected chi connectivity index (χ3v) is 4.80. The van der Waals surface area contributed by atoms with Crippen molar-refractivity contribution in [3.05, 3.63) is 69.6 Å². The van der Waals surface area contributed by atoms with Gasteiger partial charge in [-0.15, -0.1) is 11.3 Å². The van der Waals surface area contributed by atoms with E-state index in [1.807, 2.05) is 11.4 Å². The highest BCUT2D eigenvalue weighted by Crippen LogP contribution is 2.30. The van der Waals surface area contributed by atoms with Gasteiger partial charge in [0.1, 0.15) is 5.01 Å². The summed E-state index contributed by atoms with van der Waals surface area (Å²) in [4.78, 5) is 17.3. The lowest BCUT2D eigenvalue weighted by Crippen LogP contribution is -2.14. The predicted molar refractivity (Wildman–Crippen MR) is 102 cm³/mol. The van der Waals surface area contributed by atoms with E-state index in [-0.39, 0.29) is 10.6 Å². The van der Waals surface area contributed by atoms with E-state index < -0.39 is 0 Å². The fraction of sp³-hybridized carbons (Fsp3) is 0.211. The van der Waals surface area contributed by atoms with Gasteiger partial charge in [0.25, 0.3) is 5.69 Å². The van der Waals surface area contributed by atoms with E-state index in [4.69, 9.17) is 0 Å². The molecule has 0 aliphatic carbocycles. The van der Waals surface area contributed by atoms with Crippen LogP contribution in [0.2, 0.25) is 0 Å². The van der Waals surface area contributed by atoms with Crippen molar-refractivity contribution >= 4 is 17.0 Å². The summed E-state index contributed by atoms with van der Waals surface area (Å²) in [5, 5.41) is 13.7. The molecule has 0 aliphatic heterocycles. The van der Waals surface area contributed by atoms with Crippen molar-refractivity contribution in [3.8, 4) is 21.8 Å². The molecule has 0 bridgehead atoms. The lowest BCUT2D eigenvalue weighted by molar-refractivity contribution is -0.384. The van der Waals surface area contributed by atoms with Crippen molar-refractivity contribution in [3.63, 3.8) is 0 Å². The van der Waals surface area contributed by atoms with Crippen LogP contribution in [0.1, 0.15) is 5.56 Å². The quantitative estimate of drug-likeness (QED) is 0.484. The Morgan fingerprint density at radius 1 is 1.12 bits per heavy atom. The number of nitro benzene ring substituents is 1. The van der Waals surface area contributed by atoms with Crippen LogP contribution in [0.15, 0.2) is 53.9 Å². The van der Waals surface area contributed by atoms with Gasteiger partial charge in [0.05, 0.1) is 10.6 Å². The molecule has 3 aromatic rings. The zero-order valence-electron chi connectivity index (χ0n) is 14.2. The van der Waals surface area contributed by atoms with Gasteiger partial charge in [-0.3, -0.25) is 10.1 Å². The Kier molecular flexibility index (Phi) is 5.21. The summed E-state index contributed by atoms with van der Waals surface area (Å²) in [6, 6.07) is 15.0. The van der Waals surface area contributed by atoms with Gasteiger partial charge in [0, 0.05) is 35.2 Å². The topological polar surface area (TPSA) is 59.3 Å². The van der Waals surface area contributed by atoms with E-state index >= 15 is 0 Å². The van der Waals surface area contributed by atoms with Crippen LogP contribution in [0.5, 0.6) is 0 Å². The maximum absolute atomic E-state index is 10.9. The standard InChI is InChI=1S/C19H19N3O2S/c1-21(2)11-10-14-6-8-15(9-7-14)18-13-25-19(20-18)16-4-3-5-17(12-16)22(23)24/h3-9,12-13H,10-11H2,1-2H3. The third kappa shape index (κ3) is 4.29. The molecule has 0 fully saturated rings. The van der Waals surface area contributed by atoms with Crippen LogP contribution in [0.4, 0.5) is 5.69 Å². The van der Waals surface area contributed by atoms with Crippen LogP contribution in [-0.4, -0.2) is 35.4 Å². The van der Waals surface area contributed by atoms with E-state index in [2.05, 4.69) is 48.2 Å². The molecule has 128 valence electrons. The molecule has 0 N–H and O–H groups in total. The number of rotatable bonds is 6. The Balaban J connectivity index is 1.79. The molecule has 3 rings (SSSR count). The summed E-state index contributed by atoms with van der Waals surface area (Å²) < 4.78 is 0. The molecule has 0 atom stereocenters. The summed E-state index contributed by atoms with van der Waals surface area (Å²) in [6.07, 6.45) is 1.02. The minimum absolute atomic E-state index is 0.0829. The zero-order chi connectivity index (χ0) is 17.8. The van der Waals surface area contributed by atoms with Crippen molar-refractivity contribution in [2.75, 3.05) is 20.6 Å². The summed E-state index contributed by atoms with van der Waals surface area (Å²) in [6.45, 7) is 1.02. The number of hydrogen-bond donors (Lipinski definition) is 0. The number of non-ortho nitro benzene ring substituents is 1. The smallest absolute Gasteiger partial charge is 0.270 e. The Bertz CT molecular complexity index is 872. The highest BCUT2D eigenvalue weighted by atomic mass is 32.1. The highest BCUT2D eigenvalue weighted by Gasteiger charge is 2.11. The summed E-state index contributed by atoms with van der Waals surface area (Å²) >= 11 is 1.50. The van der Waals surface area contributed by atoms with Crippen molar-refractivity contribution in [2.24, 2.45) is 0 Å². The predicted octanol–water partition coefficient (Wildman–Crippen LogP) is 4.49. The third-order valence-electron chi connectivity index (χ3n) is 3.91. The summed E-state index contributed by atoms with van der Waals surface area (Å²) in [5.41, 5.74) is 4.10. The molecule has 0 aliphatic rings. The normalized spacial score (nSPS) is 11.0. The minimum atomic E-state index is -0.384. The van der Waals surface area contributed by atoms with Gasteiger partial charge in [-0.2, -0.15) is 0 Å². The second-order valence-electron chi connectivity index (χ2n) is 6.10. The molecule has 2 aromatic carbocycles. The molecule has 0 saturated heterocycles. The van der Waals surface area contributed by atoms with E-state index in [9.17, 15) is 10.1 Å². The molecule has 0 radical (unpaired) electrons. The summed E-state index contributed by atoms with van der Waals surface area (Å²) in [7, 11) is 4.14. The molecule has 0 unspecified atom stereocenters. The number of benzene rings is 2. The van der Waals surface area contributed by atoms with Gasteiger partial charge >= 0.3 is 0 Å². The lowest BCUT2D eigenvalue weighted by Gasteiger charge is -2.09. The number of nitrogens with zero attached hydrogens (tertiary/aromatic N) is 3.